The van der Waals surface area contributed by atoms with Crippen LogP contribution in [0.3, 0.4) is 0 Å². The van der Waals surface area contributed by atoms with Crippen molar-refractivity contribution in [1.29, 1.82) is 0 Å². The van der Waals surface area contributed by atoms with Gasteiger partial charge in [-0.2, -0.15) is 0 Å². The summed E-state index contributed by atoms with van der Waals surface area (Å²) in [6.07, 6.45) is 0. The van der Waals surface area contributed by atoms with Gasteiger partial charge in [0.2, 0.25) is 0 Å². The van der Waals surface area contributed by atoms with E-state index in [-0.39, 0.29) is 5.82 Å². The van der Waals surface area contributed by atoms with Crippen LogP contribution in [0.25, 0.3) is 22.2 Å². The maximum atomic E-state index is 13.1. The van der Waals surface area contributed by atoms with E-state index in [4.69, 9.17) is 4.52 Å². The zero-order valence-corrected chi connectivity index (χ0v) is 9.54. The summed E-state index contributed by atoms with van der Waals surface area (Å²) in [4.78, 5) is 3.24. The monoisotopic (exact) mass is 230 g/mol. The van der Waals surface area contributed by atoms with E-state index in [2.05, 4.69) is 10.1 Å². The summed E-state index contributed by atoms with van der Waals surface area (Å²) in [7, 11) is 0. The second-order valence-electron chi connectivity index (χ2n) is 4.11. The van der Waals surface area contributed by atoms with Gasteiger partial charge in [0.1, 0.15) is 11.6 Å². The molecule has 0 unspecified atom stereocenters. The van der Waals surface area contributed by atoms with Crippen LogP contribution in [0, 0.1) is 19.7 Å². The number of hydrogen-bond donors (Lipinski definition) is 1. The molecule has 4 heteroatoms. The van der Waals surface area contributed by atoms with Gasteiger partial charge in [0.15, 0.2) is 0 Å². The number of fused-ring (bicyclic) bond motifs is 1. The zero-order chi connectivity index (χ0) is 12.0. The zero-order valence-electron chi connectivity index (χ0n) is 9.54. The molecule has 3 rings (SSSR count). The van der Waals surface area contributed by atoms with Crippen LogP contribution < -0.4 is 0 Å². The van der Waals surface area contributed by atoms with E-state index >= 15 is 0 Å². The summed E-state index contributed by atoms with van der Waals surface area (Å²) in [5.74, 6) is 0.524. The van der Waals surface area contributed by atoms with Gasteiger partial charge in [-0.15, -0.1) is 0 Å². The van der Waals surface area contributed by atoms with Gasteiger partial charge >= 0.3 is 0 Å². The van der Waals surface area contributed by atoms with E-state index in [0.717, 1.165) is 33.6 Å². The molecule has 0 fully saturated rings. The Balaban J connectivity index is 2.25. The molecule has 0 bridgehead atoms. The fourth-order valence-electron chi connectivity index (χ4n) is 2.11. The van der Waals surface area contributed by atoms with Gasteiger partial charge in [0.05, 0.1) is 17.0 Å². The SMILES string of the molecule is Cc1noc(C)c1-c1cc2cc(F)ccc2[nH]1. The molecule has 1 N–H and O–H groups in total. The van der Waals surface area contributed by atoms with Gasteiger partial charge in [0.25, 0.3) is 0 Å². The van der Waals surface area contributed by atoms with Crippen LogP contribution in [0.4, 0.5) is 4.39 Å². The molecule has 2 aromatic heterocycles. The molecule has 3 nitrogen and oxygen atoms in total. The van der Waals surface area contributed by atoms with Crippen LogP contribution in [-0.2, 0) is 0 Å². The Kier molecular flexibility index (Phi) is 2.04. The van der Waals surface area contributed by atoms with Gasteiger partial charge in [-0.05, 0) is 38.1 Å². The number of aromatic amines is 1. The standard InChI is InChI=1S/C13H11FN2O/c1-7-13(8(2)17-16-7)12-6-9-5-10(14)3-4-11(9)15-12/h3-6,15H,1-2H3. The molecular formula is C13H11FN2O. The first kappa shape index (κ1) is 10.1. The number of benzene rings is 1. The van der Waals surface area contributed by atoms with Gasteiger partial charge in [-0.25, -0.2) is 4.39 Å². The first-order valence-electron chi connectivity index (χ1n) is 5.36. The first-order chi connectivity index (χ1) is 8.15. The fourth-order valence-corrected chi connectivity index (χ4v) is 2.11. The van der Waals surface area contributed by atoms with E-state index < -0.39 is 0 Å². The van der Waals surface area contributed by atoms with Crippen molar-refractivity contribution in [1.82, 2.24) is 10.1 Å². The van der Waals surface area contributed by atoms with Crippen LogP contribution in [-0.4, -0.2) is 10.1 Å². The molecule has 0 spiro atoms. The average molecular weight is 230 g/mol. The Labute approximate surface area is 97.2 Å². The largest absolute Gasteiger partial charge is 0.361 e. The summed E-state index contributed by atoms with van der Waals surface area (Å²) in [6.45, 7) is 3.75. The van der Waals surface area contributed by atoms with Crippen molar-refractivity contribution in [2.24, 2.45) is 0 Å². The lowest BCUT2D eigenvalue weighted by Gasteiger charge is -1.94. The van der Waals surface area contributed by atoms with E-state index in [0.29, 0.717) is 0 Å². The maximum Gasteiger partial charge on any atom is 0.143 e. The van der Waals surface area contributed by atoms with Crippen LogP contribution in [0.1, 0.15) is 11.5 Å². The van der Waals surface area contributed by atoms with Crippen molar-refractivity contribution in [2.45, 2.75) is 13.8 Å². The number of nitrogens with one attached hydrogen (secondary N) is 1. The molecule has 2 heterocycles. The summed E-state index contributed by atoms with van der Waals surface area (Å²) in [5, 5.41) is 4.76. The van der Waals surface area contributed by atoms with Crippen molar-refractivity contribution in [3.63, 3.8) is 0 Å². The highest BCUT2D eigenvalue weighted by molar-refractivity contribution is 5.86. The Morgan fingerprint density at radius 1 is 1.24 bits per heavy atom. The van der Waals surface area contributed by atoms with Crippen molar-refractivity contribution >= 4 is 10.9 Å². The van der Waals surface area contributed by atoms with E-state index in [1.807, 2.05) is 19.9 Å². The highest BCUT2D eigenvalue weighted by atomic mass is 19.1. The summed E-state index contributed by atoms with van der Waals surface area (Å²) in [5.41, 5.74) is 3.58. The Bertz CT molecular complexity index is 677. The normalized spacial score (nSPS) is 11.2. The molecule has 1 aromatic carbocycles. The topological polar surface area (TPSA) is 41.8 Å². The molecule has 0 aliphatic carbocycles. The number of halogens is 1. The number of aromatic nitrogens is 2. The van der Waals surface area contributed by atoms with Gasteiger partial charge in [-0.3, -0.25) is 0 Å². The highest BCUT2D eigenvalue weighted by Gasteiger charge is 2.13. The van der Waals surface area contributed by atoms with Crippen LogP contribution >= 0.6 is 0 Å². The van der Waals surface area contributed by atoms with Crippen molar-refractivity contribution in [3.05, 3.63) is 41.5 Å². The van der Waals surface area contributed by atoms with E-state index in [1.54, 1.807) is 6.07 Å². The minimum absolute atomic E-state index is 0.234. The van der Waals surface area contributed by atoms with Crippen molar-refractivity contribution in [3.8, 4) is 11.3 Å². The quantitative estimate of drug-likeness (QED) is 0.694. The number of nitrogens with zero attached hydrogens (tertiary/aromatic N) is 1. The molecule has 0 aliphatic rings. The van der Waals surface area contributed by atoms with Gasteiger partial charge < -0.3 is 9.51 Å². The predicted molar refractivity (Wildman–Crippen MR) is 63.2 cm³/mol. The third-order valence-corrected chi connectivity index (χ3v) is 2.89. The smallest absolute Gasteiger partial charge is 0.143 e. The van der Waals surface area contributed by atoms with Crippen molar-refractivity contribution in [2.75, 3.05) is 0 Å². The number of H-pyrrole nitrogens is 1. The molecule has 17 heavy (non-hydrogen) atoms. The third-order valence-electron chi connectivity index (χ3n) is 2.89. The molecule has 0 radical (unpaired) electrons. The Morgan fingerprint density at radius 3 is 2.76 bits per heavy atom. The van der Waals surface area contributed by atoms with Crippen LogP contribution in [0.2, 0.25) is 0 Å². The molecule has 0 saturated carbocycles. The Hall–Kier alpha value is -2.10. The molecule has 0 atom stereocenters. The highest BCUT2D eigenvalue weighted by Crippen LogP contribution is 2.29. The molecule has 3 aromatic rings. The van der Waals surface area contributed by atoms with Crippen molar-refractivity contribution < 1.29 is 8.91 Å². The second kappa shape index (κ2) is 3.45. The van der Waals surface area contributed by atoms with E-state index in [1.165, 1.54) is 12.1 Å². The lowest BCUT2D eigenvalue weighted by Crippen LogP contribution is -1.80. The van der Waals surface area contributed by atoms with Crippen LogP contribution in [0.5, 0.6) is 0 Å². The molecular weight excluding hydrogens is 219 g/mol. The third kappa shape index (κ3) is 1.53. The predicted octanol–water partition coefficient (Wildman–Crippen LogP) is 3.58. The fraction of sp³-hybridized carbons (Fsp3) is 0.154. The number of hydrogen-bond acceptors (Lipinski definition) is 2. The summed E-state index contributed by atoms with van der Waals surface area (Å²) >= 11 is 0. The van der Waals surface area contributed by atoms with E-state index in [9.17, 15) is 4.39 Å². The first-order valence-corrected chi connectivity index (χ1v) is 5.36. The number of rotatable bonds is 1. The lowest BCUT2D eigenvalue weighted by atomic mass is 10.1. The minimum Gasteiger partial charge on any atom is -0.361 e. The van der Waals surface area contributed by atoms with Crippen LogP contribution in [0.15, 0.2) is 28.8 Å². The average Bonchev–Trinajstić information content (AvgIpc) is 2.81. The molecule has 0 amide bonds. The summed E-state index contributed by atoms with van der Waals surface area (Å²) in [6, 6.07) is 6.58. The van der Waals surface area contributed by atoms with Gasteiger partial charge in [-0.1, -0.05) is 5.16 Å². The minimum atomic E-state index is -0.234. The molecule has 0 aliphatic heterocycles. The lowest BCUT2D eigenvalue weighted by molar-refractivity contribution is 0.393. The Morgan fingerprint density at radius 2 is 2.06 bits per heavy atom. The molecule has 0 saturated heterocycles. The summed E-state index contributed by atoms with van der Waals surface area (Å²) < 4.78 is 18.2. The van der Waals surface area contributed by atoms with Gasteiger partial charge in [0, 0.05) is 10.9 Å². The maximum absolute atomic E-state index is 13.1. The molecule has 86 valence electrons. The second-order valence-corrected chi connectivity index (χ2v) is 4.11. The number of aryl methyl sites for hydroxylation is 2.